The fourth-order valence-corrected chi connectivity index (χ4v) is 3.18. The fourth-order valence-electron chi connectivity index (χ4n) is 3.18. The highest BCUT2D eigenvalue weighted by Crippen LogP contribution is 2.27. The molecule has 8 heteroatoms. The monoisotopic (exact) mass is 353 g/mol. The zero-order valence-electron chi connectivity index (χ0n) is 14.7. The van der Waals surface area contributed by atoms with Crippen LogP contribution in [-0.4, -0.2) is 59.2 Å². The standard InChI is InChI=1S/C18H19N5O3/c1-12-9-16(21-26-12)18(24)23-7-5-22(6-8-23)13-3-4-15-14(10-13)17(25-2)20-11-19-15/h3-4,9-11H,5-8H2,1-2H3. The Hall–Kier alpha value is -3.16. The van der Waals surface area contributed by atoms with Crippen LogP contribution in [0.15, 0.2) is 35.1 Å². The van der Waals surface area contributed by atoms with Crippen molar-refractivity contribution >= 4 is 22.5 Å². The van der Waals surface area contributed by atoms with Crippen LogP contribution in [0.2, 0.25) is 0 Å². The second kappa shape index (κ2) is 6.62. The summed E-state index contributed by atoms with van der Waals surface area (Å²) in [7, 11) is 1.60. The van der Waals surface area contributed by atoms with Crippen LogP contribution >= 0.6 is 0 Å². The maximum atomic E-state index is 12.5. The Morgan fingerprint density at radius 2 is 1.96 bits per heavy atom. The summed E-state index contributed by atoms with van der Waals surface area (Å²) in [6.45, 7) is 4.52. The van der Waals surface area contributed by atoms with E-state index in [1.54, 1.807) is 25.0 Å². The van der Waals surface area contributed by atoms with E-state index < -0.39 is 0 Å². The largest absolute Gasteiger partial charge is 0.480 e. The lowest BCUT2D eigenvalue weighted by Crippen LogP contribution is -2.48. The Balaban J connectivity index is 1.49. The van der Waals surface area contributed by atoms with E-state index >= 15 is 0 Å². The molecule has 0 saturated carbocycles. The first-order valence-electron chi connectivity index (χ1n) is 8.42. The van der Waals surface area contributed by atoms with Crippen molar-refractivity contribution in [1.82, 2.24) is 20.0 Å². The van der Waals surface area contributed by atoms with Crippen LogP contribution < -0.4 is 9.64 Å². The molecule has 26 heavy (non-hydrogen) atoms. The summed E-state index contributed by atoms with van der Waals surface area (Å²) in [5, 5.41) is 4.69. The summed E-state index contributed by atoms with van der Waals surface area (Å²) in [5.74, 6) is 1.11. The molecule has 0 spiro atoms. The second-order valence-electron chi connectivity index (χ2n) is 6.19. The number of piperazine rings is 1. The van der Waals surface area contributed by atoms with Crippen LogP contribution in [0.25, 0.3) is 10.9 Å². The topological polar surface area (TPSA) is 84.6 Å². The molecule has 1 aliphatic heterocycles. The van der Waals surface area contributed by atoms with Crippen molar-refractivity contribution in [1.29, 1.82) is 0 Å². The van der Waals surface area contributed by atoms with Crippen molar-refractivity contribution in [3.8, 4) is 5.88 Å². The van der Waals surface area contributed by atoms with Gasteiger partial charge >= 0.3 is 0 Å². The molecule has 4 rings (SSSR count). The lowest BCUT2D eigenvalue weighted by Gasteiger charge is -2.35. The average Bonchev–Trinajstić information content (AvgIpc) is 3.13. The third-order valence-electron chi connectivity index (χ3n) is 4.55. The van der Waals surface area contributed by atoms with E-state index in [2.05, 4.69) is 20.0 Å². The van der Waals surface area contributed by atoms with E-state index in [1.165, 1.54) is 6.33 Å². The fraction of sp³-hybridized carbons (Fsp3) is 0.333. The number of nitrogens with zero attached hydrogens (tertiary/aromatic N) is 5. The number of aryl methyl sites for hydroxylation is 1. The smallest absolute Gasteiger partial charge is 0.276 e. The maximum absolute atomic E-state index is 12.5. The van der Waals surface area contributed by atoms with Crippen molar-refractivity contribution in [3.63, 3.8) is 0 Å². The number of carbonyl (C=O) groups is 1. The van der Waals surface area contributed by atoms with E-state index in [9.17, 15) is 4.79 Å². The molecule has 0 atom stereocenters. The normalized spacial score (nSPS) is 14.7. The van der Waals surface area contributed by atoms with Gasteiger partial charge in [-0.15, -0.1) is 0 Å². The van der Waals surface area contributed by atoms with Gasteiger partial charge in [-0.1, -0.05) is 5.16 Å². The molecular formula is C18H19N5O3. The quantitative estimate of drug-likeness (QED) is 0.711. The number of ether oxygens (including phenoxy) is 1. The van der Waals surface area contributed by atoms with Crippen LogP contribution in [-0.2, 0) is 0 Å². The van der Waals surface area contributed by atoms with Crippen molar-refractivity contribution in [3.05, 3.63) is 42.0 Å². The molecule has 1 aliphatic rings. The van der Waals surface area contributed by atoms with E-state index in [1.807, 2.05) is 18.2 Å². The Morgan fingerprint density at radius 3 is 2.65 bits per heavy atom. The Labute approximate surface area is 150 Å². The summed E-state index contributed by atoms with van der Waals surface area (Å²) < 4.78 is 10.3. The zero-order valence-corrected chi connectivity index (χ0v) is 14.7. The van der Waals surface area contributed by atoms with Gasteiger partial charge in [0.25, 0.3) is 5.91 Å². The molecule has 0 bridgehead atoms. The Bertz CT molecular complexity index is 947. The van der Waals surface area contributed by atoms with Crippen LogP contribution in [0, 0.1) is 6.92 Å². The van der Waals surface area contributed by atoms with Gasteiger partial charge in [-0.2, -0.15) is 0 Å². The van der Waals surface area contributed by atoms with Gasteiger partial charge in [0.1, 0.15) is 12.1 Å². The van der Waals surface area contributed by atoms with Crippen molar-refractivity contribution in [2.45, 2.75) is 6.92 Å². The number of aromatic nitrogens is 3. The van der Waals surface area contributed by atoms with Crippen LogP contribution in [0.5, 0.6) is 5.88 Å². The number of carbonyl (C=O) groups excluding carboxylic acids is 1. The highest BCUT2D eigenvalue weighted by atomic mass is 16.5. The van der Waals surface area contributed by atoms with Gasteiger partial charge in [0.05, 0.1) is 18.0 Å². The van der Waals surface area contributed by atoms with Crippen LogP contribution in [0.4, 0.5) is 5.69 Å². The molecule has 134 valence electrons. The van der Waals surface area contributed by atoms with Crippen LogP contribution in [0.3, 0.4) is 0 Å². The van der Waals surface area contributed by atoms with Crippen molar-refractivity contribution in [2.24, 2.45) is 0 Å². The van der Waals surface area contributed by atoms with E-state index in [0.29, 0.717) is 30.4 Å². The number of methoxy groups -OCH3 is 1. The molecule has 1 saturated heterocycles. The zero-order chi connectivity index (χ0) is 18.1. The van der Waals surface area contributed by atoms with Gasteiger partial charge in [-0.05, 0) is 25.1 Å². The molecule has 0 unspecified atom stereocenters. The SMILES string of the molecule is COc1ncnc2ccc(N3CCN(C(=O)c4cc(C)on4)CC3)cc12. The molecule has 0 N–H and O–H groups in total. The summed E-state index contributed by atoms with van der Waals surface area (Å²) in [5.41, 5.74) is 2.27. The summed E-state index contributed by atoms with van der Waals surface area (Å²) >= 11 is 0. The second-order valence-corrected chi connectivity index (χ2v) is 6.19. The van der Waals surface area contributed by atoms with E-state index in [0.717, 1.165) is 29.7 Å². The molecular weight excluding hydrogens is 334 g/mol. The summed E-state index contributed by atoms with van der Waals surface area (Å²) in [4.78, 5) is 24.9. The minimum atomic E-state index is -0.0879. The minimum Gasteiger partial charge on any atom is -0.480 e. The summed E-state index contributed by atoms with van der Waals surface area (Å²) in [6.07, 6.45) is 1.50. The predicted octanol–water partition coefficient (Wildman–Crippen LogP) is 1.90. The molecule has 3 aromatic rings. The molecule has 1 aromatic carbocycles. The molecule has 8 nitrogen and oxygen atoms in total. The third kappa shape index (κ3) is 2.94. The molecule has 1 amide bonds. The lowest BCUT2D eigenvalue weighted by atomic mass is 10.2. The molecule has 0 aliphatic carbocycles. The number of rotatable bonds is 3. The van der Waals surface area contributed by atoms with E-state index in [-0.39, 0.29) is 5.91 Å². The highest BCUT2D eigenvalue weighted by molar-refractivity contribution is 5.92. The number of fused-ring (bicyclic) bond motifs is 1. The number of anilines is 1. The number of benzene rings is 1. The van der Waals surface area contributed by atoms with Gasteiger partial charge in [0, 0.05) is 37.9 Å². The van der Waals surface area contributed by atoms with E-state index in [4.69, 9.17) is 9.26 Å². The Morgan fingerprint density at radius 1 is 1.15 bits per heavy atom. The first-order valence-corrected chi connectivity index (χ1v) is 8.42. The maximum Gasteiger partial charge on any atom is 0.276 e. The highest BCUT2D eigenvalue weighted by Gasteiger charge is 2.24. The molecule has 2 aromatic heterocycles. The first kappa shape index (κ1) is 16.3. The Kier molecular flexibility index (Phi) is 4.16. The first-order chi connectivity index (χ1) is 12.7. The molecule has 0 radical (unpaired) electrons. The number of hydrogen-bond acceptors (Lipinski definition) is 7. The van der Waals surface area contributed by atoms with Gasteiger partial charge in [-0.25, -0.2) is 9.97 Å². The molecule has 1 fully saturated rings. The van der Waals surface area contributed by atoms with Gasteiger partial charge in [-0.3, -0.25) is 4.79 Å². The average molecular weight is 353 g/mol. The van der Waals surface area contributed by atoms with Gasteiger partial charge in [0.2, 0.25) is 5.88 Å². The molecule has 3 heterocycles. The van der Waals surface area contributed by atoms with Gasteiger partial charge in [0.15, 0.2) is 5.69 Å². The van der Waals surface area contributed by atoms with Crippen LogP contribution in [0.1, 0.15) is 16.2 Å². The number of amides is 1. The van der Waals surface area contributed by atoms with Crippen molar-refractivity contribution in [2.75, 3.05) is 38.2 Å². The van der Waals surface area contributed by atoms with Gasteiger partial charge < -0.3 is 19.1 Å². The summed E-state index contributed by atoms with van der Waals surface area (Å²) in [6, 6.07) is 7.70. The minimum absolute atomic E-state index is 0.0879. The predicted molar refractivity (Wildman–Crippen MR) is 95.4 cm³/mol. The third-order valence-corrected chi connectivity index (χ3v) is 4.55. The van der Waals surface area contributed by atoms with Crippen molar-refractivity contribution < 1.29 is 14.1 Å². The number of hydrogen-bond donors (Lipinski definition) is 0. The lowest BCUT2D eigenvalue weighted by molar-refractivity contribution is 0.0736.